The van der Waals surface area contributed by atoms with E-state index in [-0.39, 0.29) is 16.2 Å². The van der Waals surface area contributed by atoms with Crippen LogP contribution in [0.2, 0.25) is 0 Å². The van der Waals surface area contributed by atoms with E-state index in [1.54, 1.807) is 0 Å². The van der Waals surface area contributed by atoms with E-state index < -0.39 is 5.41 Å². The molecule has 0 saturated carbocycles. The van der Waals surface area contributed by atoms with Crippen molar-refractivity contribution >= 4 is 38.9 Å². The molecule has 1 spiro atoms. The maximum absolute atomic E-state index is 2.55. The zero-order chi connectivity index (χ0) is 54.5. The van der Waals surface area contributed by atoms with Crippen molar-refractivity contribution in [3.05, 3.63) is 287 Å². The Hall–Kier alpha value is -8.98. The number of anilines is 3. The highest BCUT2D eigenvalue weighted by Crippen LogP contribution is 2.64. The number of para-hydroxylation sites is 4. The number of fused-ring (bicyclic) bond motifs is 16. The molecule has 0 bridgehead atoms. The van der Waals surface area contributed by atoms with Gasteiger partial charge < -0.3 is 9.47 Å². The van der Waals surface area contributed by atoms with Crippen molar-refractivity contribution in [2.24, 2.45) is 0 Å². The van der Waals surface area contributed by atoms with Crippen molar-refractivity contribution < 1.29 is 0 Å². The van der Waals surface area contributed by atoms with Gasteiger partial charge in [0.05, 0.1) is 27.8 Å². The van der Waals surface area contributed by atoms with Crippen LogP contribution in [-0.2, 0) is 21.7 Å². The van der Waals surface area contributed by atoms with Gasteiger partial charge in [0.25, 0.3) is 0 Å². The number of hydrogen-bond donors (Lipinski definition) is 0. The summed E-state index contributed by atoms with van der Waals surface area (Å²) in [6.45, 7) is 18.8. The quantitative estimate of drug-likeness (QED) is 0.161. The summed E-state index contributed by atoms with van der Waals surface area (Å²) >= 11 is 0. The van der Waals surface area contributed by atoms with Crippen LogP contribution >= 0.6 is 0 Å². The van der Waals surface area contributed by atoms with Crippen LogP contribution in [0.5, 0.6) is 0 Å². The van der Waals surface area contributed by atoms with E-state index in [4.69, 9.17) is 0 Å². The Morgan fingerprint density at radius 2 is 0.825 bits per heavy atom. The summed E-state index contributed by atoms with van der Waals surface area (Å²) in [5.74, 6) is 0. The molecule has 0 amide bonds. The second-order valence-electron chi connectivity index (χ2n) is 25.2. The summed E-state index contributed by atoms with van der Waals surface area (Å²) in [7, 11) is 0. The largest absolute Gasteiger partial charge is 0.310 e. The van der Waals surface area contributed by atoms with E-state index in [2.05, 4.69) is 308 Å². The zero-order valence-electron chi connectivity index (χ0n) is 47.0. The molecule has 11 aromatic carbocycles. The van der Waals surface area contributed by atoms with Crippen LogP contribution in [0.4, 0.5) is 17.1 Å². The first kappa shape index (κ1) is 48.2. The van der Waals surface area contributed by atoms with Gasteiger partial charge in [-0.05, 0) is 148 Å². The van der Waals surface area contributed by atoms with E-state index in [1.807, 2.05) is 0 Å². The lowest BCUT2D eigenvalue weighted by atomic mass is 9.69. The number of rotatable bonds is 6. The predicted molar refractivity (Wildman–Crippen MR) is 338 cm³/mol. The standard InChI is InChI=1S/C78H64N2/c1-75(2,3)50-38-43-56-57-44-39-51(76(4,5)6)47-69(57)78(68(56)46-50)65-30-16-9-23-55(65)63-48-53(42-45-66(63)78)79(71-33-18-14-26-60(71)61-28-21-31-67-74(61)62-27-10-15-29-64(62)77(67,7)8)52-40-36-49(37-41-52)54-22-11-17-32-70(54)80-72-34-19-12-24-58(72)59-25-13-20-35-73(59)80/h9-48H,1-8H3. The first-order chi connectivity index (χ1) is 38.7. The highest BCUT2D eigenvalue weighted by atomic mass is 15.1. The van der Waals surface area contributed by atoms with Gasteiger partial charge in [-0.3, -0.25) is 0 Å². The summed E-state index contributed by atoms with van der Waals surface area (Å²) in [5, 5.41) is 2.51. The number of benzene rings is 11. The molecule has 0 fully saturated rings. The third-order valence-corrected chi connectivity index (χ3v) is 18.4. The van der Waals surface area contributed by atoms with Crippen LogP contribution in [0.15, 0.2) is 243 Å². The SMILES string of the molecule is CC(C)(C)c1ccc2c(c1)C1(c3ccccc3-c3cc(N(c4ccc(-c5ccccc5-n5c6ccccc6c6ccccc65)cc4)c4ccccc4-c4cccc5c4-c4ccccc4C5(C)C)ccc31)c1cc(C(C)(C)C)ccc1-2. The van der Waals surface area contributed by atoms with E-state index >= 15 is 0 Å². The van der Waals surface area contributed by atoms with E-state index in [9.17, 15) is 0 Å². The van der Waals surface area contributed by atoms with E-state index in [0.29, 0.717) is 0 Å². The van der Waals surface area contributed by atoms with Gasteiger partial charge in [0, 0.05) is 38.7 Å². The van der Waals surface area contributed by atoms with Gasteiger partial charge >= 0.3 is 0 Å². The van der Waals surface area contributed by atoms with Crippen molar-refractivity contribution in [1.29, 1.82) is 0 Å². The molecule has 15 rings (SSSR count). The van der Waals surface area contributed by atoms with Gasteiger partial charge in [0.1, 0.15) is 0 Å². The van der Waals surface area contributed by atoms with Crippen LogP contribution in [0.25, 0.3) is 83.1 Å². The predicted octanol–water partition coefficient (Wildman–Crippen LogP) is 20.8. The van der Waals surface area contributed by atoms with Crippen LogP contribution in [0.3, 0.4) is 0 Å². The van der Waals surface area contributed by atoms with E-state index in [0.717, 1.165) is 28.3 Å². The van der Waals surface area contributed by atoms with Crippen molar-refractivity contribution in [2.45, 2.75) is 77.0 Å². The molecule has 0 radical (unpaired) electrons. The lowest BCUT2D eigenvalue weighted by molar-refractivity contribution is 0.586. The summed E-state index contributed by atoms with van der Waals surface area (Å²) in [4.78, 5) is 2.53. The molecule has 0 saturated heterocycles. The molecule has 2 nitrogen and oxygen atoms in total. The summed E-state index contributed by atoms with van der Waals surface area (Å²) in [6, 6.07) is 92.3. The zero-order valence-corrected chi connectivity index (χ0v) is 47.0. The third-order valence-electron chi connectivity index (χ3n) is 18.4. The lowest BCUT2D eigenvalue weighted by Gasteiger charge is -2.33. The molecular formula is C78H64N2. The Morgan fingerprint density at radius 1 is 0.338 bits per heavy atom. The van der Waals surface area contributed by atoms with Crippen LogP contribution < -0.4 is 4.90 Å². The highest BCUT2D eigenvalue weighted by molar-refractivity contribution is 6.10. The third kappa shape index (κ3) is 6.84. The van der Waals surface area contributed by atoms with Crippen LogP contribution in [0, 0.1) is 0 Å². The van der Waals surface area contributed by atoms with Gasteiger partial charge in [0.2, 0.25) is 0 Å². The first-order valence-electron chi connectivity index (χ1n) is 28.6. The van der Waals surface area contributed by atoms with Gasteiger partial charge in [-0.2, -0.15) is 0 Å². The van der Waals surface area contributed by atoms with Crippen LogP contribution in [-0.4, -0.2) is 4.57 Å². The number of hydrogen-bond acceptors (Lipinski definition) is 1. The maximum atomic E-state index is 2.55. The fourth-order valence-electron chi connectivity index (χ4n) is 14.4. The summed E-state index contributed by atoms with van der Waals surface area (Å²) in [5.41, 5.74) is 29.7. The van der Waals surface area contributed by atoms with Gasteiger partial charge in [-0.25, -0.2) is 0 Å². The molecule has 2 heteroatoms. The summed E-state index contributed by atoms with van der Waals surface area (Å²) < 4.78 is 2.44. The molecule has 386 valence electrons. The minimum atomic E-state index is -0.503. The first-order valence-corrected chi connectivity index (χ1v) is 28.6. The number of aromatic nitrogens is 1. The minimum absolute atomic E-state index is 0.0281. The molecule has 80 heavy (non-hydrogen) atoms. The molecule has 3 aliphatic rings. The Balaban J connectivity index is 0.959. The second-order valence-corrected chi connectivity index (χ2v) is 25.2. The minimum Gasteiger partial charge on any atom is -0.310 e. The fourth-order valence-corrected chi connectivity index (χ4v) is 14.4. The number of nitrogens with zero attached hydrogens (tertiary/aromatic N) is 2. The average molecular weight is 1030 g/mol. The summed E-state index contributed by atoms with van der Waals surface area (Å²) in [6.07, 6.45) is 0. The molecule has 0 aliphatic heterocycles. The lowest BCUT2D eigenvalue weighted by Crippen LogP contribution is -2.27. The fraction of sp³-hybridized carbons (Fsp3) is 0.154. The molecule has 0 N–H and O–H groups in total. The Labute approximate surface area is 471 Å². The van der Waals surface area contributed by atoms with Crippen molar-refractivity contribution in [3.8, 4) is 61.3 Å². The molecule has 1 heterocycles. The van der Waals surface area contributed by atoms with Gasteiger partial charge in [0.15, 0.2) is 0 Å². The molecule has 1 aromatic heterocycles. The molecule has 3 aliphatic carbocycles. The molecule has 12 aromatic rings. The Bertz CT molecular complexity index is 4410. The Morgan fingerprint density at radius 3 is 1.48 bits per heavy atom. The smallest absolute Gasteiger partial charge is 0.0725 e. The van der Waals surface area contributed by atoms with Crippen molar-refractivity contribution in [1.82, 2.24) is 4.57 Å². The monoisotopic (exact) mass is 1030 g/mol. The highest BCUT2D eigenvalue weighted by Gasteiger charge is 2.52. The maximum Gasteiger partial charge on any atom is 0.0725 e. The Kier molecular flexibility index (Phi) is 10.4. The second kappa shape index (κ2) is 17.3. The normalized spacial score (nSPS) is 14.2. The molecule has 0 atom stereocenters. The van der Waals surface area contributed by atoms with Crippen molar-refractivity contribution in [2.75, 3.05) is 4.90 Å². The van der Waals surface area contributed by atoms with E-state index in [1.165, 1.54) is 116 Å². The topological polar surface area (TPSA) is 8.17 Å². The van der Waals surface area contributed by atoms with Crippen LogP contribution in [0.1, 0.15) is 99.9 Å². The average Bonchev–Trinajstić information content (AvgIpc) is 2.58. The molecular weight excluding hydrogens is 965 g/mol. The van der Waals surface area contributed by atoms with Gasteiger partial charge in [-0.15, -0.1) is 0 Å². The molecule has 0 unspecified atom stereocenters. The van der Waals surface area contributed by atoms with Gasteiger partial charge in [-0.1, -0.05) is 250 Å². The van der Waals surface area contributed by atoms with Crippen molar-refractivity contribution in [3.63, 3.8) is 0 Å².